The molecule has 0 aliphatic rings. The number of hydrogen-bond acceptors (Lipinski definition) is 0. The van der Waals surface area contributed by atoms with Crippen LogP contribution >= 0.6 is 0 Å². The highest BCUT2D eigenvalue weighted by Gasteiger charge is 2.29. The molecule has 0 nitrogen and oxygen atoms in total. The molecular formula is C21H25F3. The molecule has 0 atom stereocenters. The monoisotopic (exact) mass is 334 g/mol. The van der Waals surface area contributed by atoms with Crippen molar-refractivity contribution in [2.45, 2.75) is 58.0 Å². The lowest BCUT2D eigenvalue weighted by Crippen LogP contribution is -2.03. The molecule has 2 aromatic rings. The van der Waals surface area contributed by atoms with Crippen LogP contribution in [-0.4, -0.2) is 0 Å². The second kappa shape index (κ2) is 8.91. The van der Waals surface area contributed by atoms with Crippen LogP contribution in [-0.2, 0) is 12.6 Å². The summed E-state index contributed by atoms with van der Waals surface area (Å²) >= 11 is 0. The molecule has 3 heteroatoms. The molecule has 0 bridgehead atoms. The summed E-state index contributed by atoms with van der Waals surface area (Å²) in [7, 11) is 0. The first kappa shape index (κ1) is 18.6. The average molecular weight is 334 g/mol. The van der Waals surface area contributed by atoms with E-state index in [0.717, 1.165) is 29.7 Å². The maximum atomic E-state index is 12.6. The summed E-state index contributed by atoms with van der Waals surface area (Å²) in [5, 5.41) is 0. The van der Waals surface area contributed by atoms with Crippen molar-refractivity contribution in [3.63, 3.8) is 0 Å². The van der Waals surface area contributed by atoms with Gasteiger partial charge in [0.2, 0.25) is 0 Å². The zero-order chi connectivity index (χ0) is 17.4. The third kappa shape index (κ3) is 5.70. The first-order chi connectivity index (χ1) is 11.5. The fourth-order valence-corrected chi connectivity index (χ4v) is 2.82. The number of alkyl halides is 3. The molecule has 0 saturated heterocycles. The predicted octanol–water partition coefficient (Wildman–Crippen LogP) is 7.28. The van der Waals surface area contributed by atoms with Gasteiger partial charge in [-0.2, -0.15) is 13.2 Å². The van der Waals surface area contributed by atoms with Gasteiger partial charge >= 0.3 is 6.18 Å². The third-order valence-electron chi connectivity index (χ3n) is 4.32. The molecule has 2 aromatic carbocycles. The number of halogens is 3. The molecular weight excluding hydrogens is 309 g/mol. The van der Waals surface area contributed by atoms with E-state index in [1.165, 1.54) is 56.2 Å². The van der Waals surface area contributed by atoms with E-state index in [1.807, 2.05) is 12.1 Å². The van der Waals surface area contributed by atoms with Gasteiger partial charge in [0, 0.05) is 0 Å². The van der Waals surface area contributed by atoms with Crippen molar-refractivity contribution in [3.05, 3.63) is 59.7 Å². The summed E-state index contributed by atoms with van der Waals surface area (Å²) in [6, 6.07) is 13.5. The Balaban J connectivity index is 1.87. The van der Waals surface area contributed by atoms with Crippen molar-refractivity contribution in [2.24, 2.45) is 0 Å². The summed E-state index contributed by atoms with van der Waals surface area (Å²) in [4.78, 5) is 0. The minimum absolute atomic E-state index is 0.606. The SMILES string of the molecule is CCCCCCCCc1ccc(-c2ccc(C(F)(F)F)cc2)cc1. The average Bonchev–Trinajstić information content (AvgIpc) is 2.58. The van der Waals surface area contributed by atoms with E-state index in [0.29, 0.717) is 0 Å². The predicted molar refractivity (Wildman–Crippen MR) is 94.0 cm³/mol. The first-order valence-electron chi connectivity index (χ1n) is 8.77. The summed E-state index contributed by atoms with van der Waals surface area (Å²) in [6.07, 6.45) is 4.47. The van der Waals surface area contributed by atoms with E-state index in [4.69, 9.17) is 0 Å². The van der Waals surface area contributed by atoms with Crippen LogP contribution in [0.25, 0.3) is 11.1 Å². The molecule has 0 radical (unpaired) electrons. The van der Waals surface area contributed by atoms with Gasteiger partial charge in [0.1, 0.15) is 0 Å². The van der Waals surface area contributed by atoms with Crippen LogP contribution in [0.1, 0.15) is 56.6 Å². The van der Waals surface area contributed by atoms with Crippen LogP contribution in [0.4, 0.5) is 13.2 Å². The zero-order valence-electron chi connectivity index (χ0n) is 14.2. The molecule has 0 spiro atoms. The highest BCUT2D eigenvalue weighted by atomic mass is 19.4. The van der Waals surface area contributed by atoms with Gasteiger partial charge in [-0.15, -0.1) is 0 Å². The Morgan fingerprint density at radius 1 is 0.667 bits per heavy atom. The number of hydrogen-bond donors (Lipinski definition) is 0. The van der Waals surface area contributed by atoms with Crippen molar-refractivity contribution >= 4 is 0 Å². The molecule has 0 aromatic heterocycles. The van der Waals surface area contributed by atoms with Crippen LogP contribution in [0.3, 0.4) is 0 Å². The van der Waals surface area contributed by atoms with E-state index < -0.39 is 11.7 Å². The minimum Gasteiger partial charge on any atom is -0.166 e. The molecule has 0 N–H and O–H groups in total. The van der Waals surface area contributed by atoms with Crippen LogP contribution in [0, 0.1) is 0 Å². The van der Waals surface area contributed by atoms with Crippen molar-refractivity contribution in [3.8, 4) is 11.1 Å². The lowest BCUT2D eigenvalue weighted by atomic mass is 10.00. The van der Waals surface area contributed by atoms with E-state index in [9.17, 15) is 13.2 Å². The molecule has 0 aliphatic heterocycles. The van der Waals surface area contributed by atoms with Gasteiger partial charge in [0.05, 0.1) is 5.56 Å². The molecule has 0 unspecified atom stereocenters. The van der Waals surface area contributed by atoms with Crippen LogP contribution in [0.2, 0.25) is 0 Å². The van der Waals surface area contributed by atoms with Crippen LogP contribution < -0.4 is 0 Å². The second-order valence-electron chi connectivity index (χ2n) is 6.29. The Bertz CT molecular complexity index is 594. The fourth-order valence-electron chi connectivity index (χ4n) is 2.82. The zero-order valence-corrected chi connectivity index (χ0v) is 14.2. The largest absolute Gasteiger partial charge is 0.416 e. The van der Waals surface area contributed by atoms with Gasteiger partial charge in [-0.1, -0.05) is 75.4 Å². The van der Waals surface area contributed by atoms with Crippen molar-refractivity contribution < 1.29 is 13.2 Å². The summed E-state index contributed by atoms with van der Waals surface area (Å²) in [5.41, 5.74) is 2.46. The lowest BCUT2D eigenvalue weighted by molar-refractivity contribution is -0.137. The molecule has 0 aliphatic carbocycles. The van der Waals surface area contributed by atoms with E-state index in [1.54, 1.807) is 0 Å². The third-order valence-corrected chi connectivity index (χ3v) is 4.32. The Hall–Kier alpha value is -1.77. The topological polar surface area (TPSA) is 0 Å². The van der Waals surface area contributed by atoms with Gasteiger partial charge in [-0.3, -0.25) is 0 Å². The van der Waals surface area contributed by atoms with Gasteiger partial charge < -0.3 is 0 Å². The summed E-state index contributed by atoms with van der Waals surface area (Å²) in [5.74, 6) is 0. The maximum absolute atomic E-state index is 12.6. The Kier molecular flexibility index (Phi) is 6.89. The summed E-state index contributed by atoms with van der Waals surface area (Å²) in [6.45, 7) is 2.22. The van der Waals surface area contributed by atoms with Gasteiger partial charge in [0.25, 0.3) is 0 Å². The molecule has 0 heterocycles. The highest BCUT2D eigenvalue weighted by Crippen LogP contribution is 2.31. The van der Waals surface area contributed by atoms with Crippen molar-refractivity contribution in [2.75, 3.05) is 0 Å². The second-order valence-corrected chi connectivity index (χ2v) is 6.29. The lowest BCUT2D eigenvalue weighted by Gasteiger charge is -2.08. The van der Waals surface area contributed by atoms with Gasteiger partial charge in [0.15, 0.2) is 0 Å². The number of rotatable bonds is 8. The number of unbranched alkanes of at least 4 members (excludes halogenated alkanes) is 5. The van der Waals surface area contributed by atoms with E-state index in [2.05, 4.69) is 19.1 Å². The van der Waals surface area contributed by atoms with Gasteiger partial charge in [-0.25, -0.2) is 0 Å². The minimum atomic E-state index is -4.28. The number of aryl methyl sites for hydroxylation is 1. The molecule has 0 fully saturated rings. The Morgan fingerprint density at radius 2 is 1.17 bits per heavy atom. The maximum Gasteiger partial charge on any atom is 0.416 e. The highest BCUT2D eigenvalue weighted by molar-refractivity contribution is 5.64. The normalized spacial score (nSPS) is 11.7. The van der Waals surface area contributed by atoms with Gasteiger partial charge in [-0.05, 0) is 41.7 Å². The molecule has 24 heavy (non-hydrogen) atoms. The molecule has 0 saturated carbocycles. The van der Waals surface area contributed by atoms with E-state index >= 15 is 0 Å². The van der Waals surface area contributed by atoms with Crippen molar-refractivity contribution in [1.29, 1.82) is 0 Å². The molecule has 2 rings (SSSR count). The smallest absolute Gasteiger partial charge is 0.166 e. The molecule has 0 amide bonds. The Morgan fingerprint density at radius 3 is 1.71 bits per heavy atom. The van der Waals surface area contributed by atoms with E-state index in [-0.39, 0.29) is 0 Å². The number of benzene rings is 2. The van der Waals surface area contributed by atoms with Crippen molar-refractivity contribution in [1.82, 2.24) is 0 Å². The fraction of sp³-hybridized carbons (Fsp3) is 0.429. The quantitative estimate of drug-likeness (QED) is 0.445. The van der Waals surface area contributed by atoms with Crippen LogP contribution in [0.15, 0.2) is 48.5 Å². The standard InChI is InChI=1S/C21H25F3/c1-2-3-4-5-6-7-8-17-9-11-18(12-10-17)19-13-15-20(16-14-19)21(22,23)24/h9-16H,2-8H2,1H3. The molecule has 130 valence electrons. The first-order valence-corrected chi connectivity index (χ1v) is 8.77. The Labute approximate surface area is 142 Å². The summed E-state index contributed by atoms with van der Waals surface area (Å²) < 4.78 is 37.8. The van der Waals surface area contributed by atoms with Crippen LogP contribution in [0.5, 0.6) is 0 Å².